The second-order valence-electron chi connectivity index (χ2n) is 19.1. The summed E-state index contributed by atoms with van der Waals surface area (Å²) in [5.74, 6) is -0.449. The minimum Gasteiger partial charge on any atom is -0.462 e. The summed E-state index contributed by atoms with van der Waals surface area (Å²) < 4.78 is 17.4. The predicted molar refractivity (Wildman–Crippen MR) is 297 cm³/mol. The van der Waals surface area contributed by atoms with Gasteiger partial charge in [0, 0.05) is 19.4 Å². The lowest BCUT2D eigenvalue weighted by Gasteiger charge is -2.18. The Bertz CT molecular complexity index is 1250. The minimum atomic E-state index is -0.565. The number of unbranched alkanes of at least 4 members (excludes halogenated alkanes) is 28. The molecular formula is C63H110O5. The molecule has 0 spiro atoms. The summed E-state index contributed by atoms with van der Waals surface area (Å²) in [5, 5.41) is 0. The number of hydrogen-bond donors (Lipinski definition) is 0. The van der Waals surface area contributed by atoms with Crippen molar-refractivity contribution >= 4 is 11.9 Å². The molecule has 0 bridgehead atoms. The molecule has 0 aliphatic heterocycles. The molecule has 5 heteroatoms. The number of allylic oxidation sites excluding steroid dienone is 14. The molecule has 1 atom stereocenters. The van der Waals surface area contributed by atoms with Crippen molar-refractivity contribution < 1.29 is 23.8 Å². The molecule has 0 aromatic rings. The first-order valence-corrected chi connectivity index (χ1v) is 29.1. The lowest BCUT2D eigenvalue weighted by Crippen LogP contribution is -2.30. The minimum absolute atomic E-state index is 0.0623. The van der Waals surface area contributed by atoms with Crippen molar-refractivity contribution in [3.8, 4) is 0 Å². The molecule has 0 amide bonds. The van der Waals surface area contributed by atoms with Crippen LogP contribution in [-0.4, -0.2) is 37.9 Å². The van der Waals surface area contributed by atoms with Crippen LogP contribution in [-0.2, 0) is 23.8 Å². The third kappa shape index (κ3) is 55.7. The molecule has 0 radical (unpaired) electrons. The van der Waals surface area contributed by atoms with E-state index in [0.717, 1.165) is 103 Å². The topological polar surface area (TPSA) is 61.8 Å². The summed E-state index contributed by atoms with van der Waals surface area (Å²) in [7, 11) is 0. The highest BCUT2D eigenvalue weighted by molar-refractivity contribution is 5.70. The van der Waals surface area contributed by atoms with Gasteiger partial charge in [0.2, 0.25) is 0 Å². The molecule has 0 heterocycles. The number of carbonyl (C=O) groups excluding carboxylic acids is 2. The summed E-state index contributed by atoms with van der Waals surface area (Å²) in [6, 6.07) is 0. The zero-order valence-electron chi connectivity index (χ0n) is 45.1. The van der Waals surface area contributed by atoms with Gasteiger partial charge in [0.1, 0.15) is 6.61 Å². The SMILES string of the molecule is CC/C=C\C/C=C\C/C=C\C/C=C\CCCCC(=O)OC(COCCCCCCCCCCCCCCCCCCCCCC)COC(=O)CCCCCCCCC/C=C\C/C=C\C/C=C\CC. The molecule has 0 aliphatic rings. The second-order valence-corrected chi connectivity index (χ2v) is 19.1. The fourth-order valence-electron chi connectivity index (χ4n) is 8.16. The van der Waals surface area contributed by atoms with E-state index >= 15 is 0 Å². The molecule has 0 fully saturated rings. The first-order chi connectivity index (χ1) is 33.6. The summed E-state index contributed by atoms with van der Waals surface area (Å²) in [5.41, 5.74) is 0. The standard InChI is InChI=1S/C63H110O5/c1-4-7-10-13-16-19-22-25-28-30-31-32-34-37-40-43-46-49-52-55-58-66-59-61(68-63(65)57-54-51-48-45-42-39-35-27-24-21-18-15-12-9-6-3)60-67-62(64)56-53-50-47-44-41-38-36-33-29-26-23-20-17-14-11-8-5-2/h8-9,11-12,17-18,20-21,26-27,29,35,42,45,61H,4-7,10,13-16,19,22-25,28,30-34,36-41,43-44,46-60H2,1-3H3/b11-8-,12-9-,20-17-,21-18-,29-26-,35-27-,45-42-. The van der Waals surface area contributed by atoms with Gasteiger partial charge in [0.05, 0.1) is 6.61 Å². The van der Waals surface area contributed by atoms with Crippen LogP contribution in [0, 0.1) is 0 Å². The molecular weight excluding hydrogens is 837 g/mol. The summed E-state index contributed by atoms with van der Waals surface area (Å²) in [6.07, 6.45) is 77.6. The van der Waals surface area contributed by atoms with E-state index in [1.54, 1.807) is 0 Å². The van der Waals surface area contributed by atoms with Gasteiger partial charge < -0.3 is 14.2 Å². The fourth-order valence-corrected chi connectivity index (χ4v) is 8.16. The molecule has 0 N–H and O–H groups in total. The zero-order valence-corrected chi connectivity index (χ0v) is 45.1. The number of esters is 2. The van der Waals surface area contributed by atoms with Crippen LogP contribution in [0.1, 0.15) is 278 Å². The molecule has 1 unspecified atom stereocenters. The van der Waals surface area contributed by atoms with E-state index in [2.05, 4.69) is 106 Å². The van der Waals surface area contributed by atoms with Gasteiger partial charge >= 0.3 is 11.9 Å². The number of rotatable bonds is 53. The molecule has 0 aromatic heterocycles. The fraction of sp³-hybridized carbons (Fsp3) is 0.746. The Morgan fingerprint density at radius 3 is 1.09 bits per heavy atom. The van der Waals surface area contributed by atoms with Crippen molar-refractivity contribution in [2.75, 3.05) is 19.8 Å². The van der Waals surface area contributed by atoms with E-state index in [1.165, 1.54) is 141 Å². The van der Waals surface area contributed by atoms with Gasteiger partial charge in [-0.15, -0.1) is 0 Å². The first-order valence-electron chi connectivity index (χ1n) is 29.1. The Labute approximate surface area is 422 Å². The van der Waals surface area contributed by atoms with Crippen molar-refractivity contribution in [3.05, 3.63) is 85.1 Å². The highest BCUT2D eigenvalue weighted by Gasteiger charge is 2.17. The average Bonchev–Trinajstić information content (AvgIpc) is 3.34. The monoisotopic (exact) mass is 947 g/mol. The van der Waals surface area contributed by atoms with Gasteiger partial charge in [-0.25, -0.2) is 0 Å². The summed E-state index contributed by atoms with van der Waals surface area (Å²) in [6.45, 7) is 7.58. The van der Waals surface area contributed by atoms with Crippen LogP contribution >= 0.6 is 0 Å². The van der Waals surface area contributed by atoms with Crippen molar-refractivity contribution in [2.45, 2.75) is 284 Å². The summed E-state index contributed by atoms with van der Waals surface area (Å²) in [4.78, 5) is 25.5. The third-order valence-electron chi connectivity index (χ3n) is 12.4. The Kier molecular flexibility index (Phi) is 55.9. The molecule has 0 saturated carbocycles. The van der Waals surface area contributed by atoms with Gasteiger partial charge in [0.15, 0.2) is 6.10 Å². The molecule has 68 heavy (non-hydrogen) atoms. The smallest absolute Gasteiger partial charge is 0.306 e. The highest BCUT2D eigenvalue weighted by Crippen LogP contribution is 2.16. The first kappa shape index (κ1) is 65.1. The number of carbonyl (C=O) groups is 2. The maximum Gasteiger partial charge on any atom is 0.306 e. The van der Waals surface area contributed by atoms with E-state index < -0.39 is 6.10 Å². The van der Waals surface area contributed by atoms with Crippen molar-refractivity contribution in [3.63, 3.8) is 0 Å². The van der Waals surface area contributed by atoms with Gasteiger partial charge in [-0.3, -0.25) is 9.59 Å². The molecule has 0 saturated heterocycles. The van der Waals surface area contributed by atoms with Gasteiger partial charge in [-0.2, -0.15) is 0 Å². The van der Waals surface area contributed by atoms with E-state index in [-0.39, 0.29) is 25.2 Å². The molecule has 0 aromatic carbocycles. The van der Waals surface area contributed by atoms with Crippen LogP contribution < -0.4 is 0 Å². The Balaban J connectivity index is 4.30. The van der Waals surface area contributed by atoms with Gasteiger partial charge in [-0.1, -0.05) is 260 Å². The largest absolute Gasteiger partial charge is 0.462 e. The molecule has 5 nitrogen and oxygen atoms in total. The Morgan fingerprint density at radius 1 is 0.338 bits per heavy atom. The quantitative estimate of drug-likeness (QED) is 0.0345. The van der Waals surface area contributed by atoms with Crippen LogP contribution in [0.15, 0.2) is 85.1 Å². The Hall–Kier alpha value is -2.92. The van der Waals surface area contributed by atoms with Crippen LogP contribution in [0.3, 0.4) is 0 Å². The van der Waals surface area contributed by atoms with Crippen molar-refractivity contribution in [2.24, 2.45) is 0 Å². The average molecular weight is 948 g/mol. The normalized spacial score (nSPS) is 12.8. The highest BCUT2D eigenvalue weighted by atomic mass is 16.6. The van der Waals surface area contributed by atoms with E-state index in [4.69, 9.17) is 14.2 Å². The molecule has 0 rings (SSSR count). The maximum atomic E-state index is 12.8. The maximum absolute atomic E-state index is 12.8. The van der Waals surface area contributed by atoms with Crippen molar-refractivity contribution in [1.29, 1.82) is 0 Å². The molecule has 392 valence electrons. The lowest BCUT2D eigenvalue weighted by molar-refractivity contribution is -0.163. The zero-order chi connectivity index (χ0) is 49.2. The number of hydrogen-bond acceptors (Lipinski definition) is 5. The molecule has 0 aliphatic carbocycles. The second kappa shape index (κ2) is 58.4. The lowest BCUT2D eigenvalue weighted by atomic mass is 10.0. The van der Waals surface area contributed by atoms with E-state index in [9.17, 15) is 9.59 Å². The van der Waals surface area contributed by atoms with E-state index in [0.29, 0.717) is 19.4 Å². The van der Waals surface area contributed by atoms with Crippen LogP contribution in [0.5, 0.6) is 0 Å². The summed E-state index contributed by atoms with van der Waals surface area (Å²) >= 11 is 0. The van der Waals surface area contributed by atoms with Gasteiger partial charge in [0.25, 0.3) is 0 Å². The van der Waals surface area contributed by atoms with Gasteiger partial charge in [-0.05, 0) is 89.9 Å². The van der Waals surface area contributed by atoms with Crippen LogP contribution in [0.2, 0.25) is 0 Å². The predicted octanol–water partition coefficient (Wildman–Crippen LogP) is 20.0. The van der Waals surface area contributed by atoms with E-state index in [1.807, 2.05) is 0 Å². The Morgan fingerprint density at radius 2 is 0.662 bits per heavy atom. The van der Waals surface area contributed by atoms with Crippen LogP contribution in [0.25, 0.3) is 0 Å². The third-order valence-corrected chi connectivity index (χ3v) is 12.4. The van der Waals surface area contributed by atoms with Crippen LogP contribution in [0.4, 0.5) is 0 Å². The van der Waals surface area contributed by atoms with Crippen molar-refractivity contribution in [1.82, 2.24) is 0 Å². The number of ether oxygens (including phenoxy) is 3.